The molecule has 1 amide bonds. The van der Waals surface area contributed by atoms with Gasteiger partial charge in [-0.15, -0.1) is 0 Å². The fourth-order valence-electron chi connectivity index (χ4n) is 3.02. The van der Waals surface area contributed by atoms with Gasteiger partial charge in [0.25, 0.3) is 11.5 Å². The highest BCUT2D eigenvalue weighted by Gasteiger charge is 2.15. The lowest BCUT2D eigenvalue weighted by Gasteiger charge is -2.11. The Bertz CT molecular complexity index is 1090. The standard InChI is InChI=1S/C22H21Cl2N3O3/c1-3-30-18-13-26-27(2)22(29)19(18)15-9-7-14(8-10-15)11-12-25-21(28)20-16(23)5-4-6-17(20)24/h4-10,13H,3,11-12H2,1-2H3,(H,25,28). The normalized spacial score (nSPS) is 10.7. The molecule has 1 aromatic heterocycles. The number of ether oxygens (including phenoxy) is 1. The molecule has 0 radical (unpaired) electrons. The summed E-state index contributed by atoms with van der Waals surface area (Å²) in [4.78, 5) is 24.9. The Morgan fingerprint density at radius 3 is 2.43 bits per heavy atom. The average Bonchev–Trinajstić information content (AvgIpc) is 2.72. The summed E-state index contributed by atoms with van der Waals surface area (Å²) >= 11 is 12.1. The zero-order valence-electron chi connectivity index (χ0n) is 16.6. The molecule has 0 atom stereocenters. The summed E-state index contributed by atoms with van der Waals surface area (Å²) in [5.41, 5.74) is 2.28. The van der Waals surface area contributed by atoms with Gasteiger partial charge in [0.2, 0.25) is 0 Å². The highest BCUT2D eigenvalue weighted by molar-refractivity contribution is 6.39. The van der Waals surface area contributed by atoms with Crippen molar-refractivity contribution in [3.05, 3.63) is 80.2 Å². The molecule has 0 aliphatic rings. The fraction of sp³-hybridized carbons (Fsp3) is 0.227. The van der Waals surface area contributed by atoms with Crippen molar-refractivity contribution in [2.75, 3.05) is 13.2 Å². The van der Waals surface area contributed by atoms with Crippen molar-refractivity contribution < 1.29 is 9.53 Å². The van der Waals surface area contributed by atoms with Crippen LogP contribution in [-0.2, 0) is 13.5 Å². The number of aryl methyl sites for hydroxylation is 1. The molecule has 0 saturated carbocycles. The summed E-state index contributed by atoms with van der Waals surface area (Å²) in [7, 11) is 1.60. The van der Waals surface area contributed by atoms with Crippen molar-refractivity contribution in [1.82, 2.24) is 15.1 Å². The lowest BCUT2D eigenvalue weighted by molar-refractivity contribution is 0.0954. The summed E-state index contributed by atoms with van der Waals surface area (Å²) < 4.78 is 6.84. The van der Waals surface area contributed by atoms with Crippen LogP contribution in [0.4, 0.5) is 0 Å². The van der Waals surface area contributed by atoms with E-state index in [2.05, 4.69) is 10.4 Å². The number of benzene rings is 2. The van der Waals surface area contributed by atoms with E-state index in [-0.39, 0.29) is 17.0 Å². The van der Waals surface area contributed by atoms with Crippen LogP contribution in [0.15, 0.2) is 53.5 Å². The number of carbonyl (C=O) groups is 1. The molecular weight excluding hydrogens is 425 g/mol. The molecule has 0 unspecified atom stereocenters. The van der Waals surface area contributed by atoms with Gasteiger partial charge < -0.3 is 10.1 Å². The molecule has 3 aromatic rings. The summed E-state index contributed by atoms with van der Waals surface area (Å²) in [5, 5.41) is 7.47. The van der Waals surface area contributed by atoms with Crippen LogP contribution >= 0.6 is 23.2 Å². The highest BCUT2D eigenvalue weighted by atomic mass is 35.5. The second-order valence-electron chi connectivity index (χ2n) is 6.55. The van der Waals surface area contributed by atoms with Crippen molar-refractivity contribution in [3.63, 3.8) is 0 Å². The average molecular weight is 446 g/mol. The molecule has 156 valence electrons. The quantitative estimate of drug-likeness (QED) is 0.593. The molecule has 2 aromatic carbocycles. The summed E-state index contributed by atoms with van der Waals surface area (Å²) in [6.07, 6.45) is 2.16. The zero-order valence-corrected chi connectivity index (χ0v) is 18.1. The third-order valence-corrected chi connectivity index (χ3v) is 5.16. The maximum absolute atomic E-state index is 12.5. The molecule has 0 aliphatic carbocycles. The van der Waals surface area contributed by atoms with Gasteiger partial charge in [0.1, 0.15) is 0 Å². The van der Waals surface area contributed by atoms with Gasteiger partial charge in [-0.25, -0.2) is 4.68 Å². The van der Waals surface area contributed by atoms with Crippen molar-refractivity contribution in [2.24, 2.45) is 7.05 Å². The van der Waals surface area contributed by atoms with Gasteiger partial charge in [-0.05, 0) is 36.6 Å². The molecule has 30 heavy (non-hydrogen) atoms. The second kappa shape index (κ2) is 9.78. The van der Waals surface area contributed by atoms with E-state index in [4.69, 9.17) is 27.9 Å². The Balaban J connectivity index is 1.70. The number of hydrogen-bond acceptors (Lipinski definition) is 4. The number of aromatic nitrogens is 2. The van der Waals surface area contributed by atoms with E-state index in [1.165, 1.54) is 4.68 Å². The topological polar surface area (TPSA) is 73.2 Å². The van der Waals surface area contributed by atoms with E-state index in [0.29, 0.717) is 40.9 Å². The van der Waals surface area contributed by atoms with Gasteiger partial charge in [0, 0.05) is 13.6 Å². The van der Waals surface area contributed by atoms with E-state index in [1.54, 1.807) is 31.4 Å². The van der Waals surface area contributed by atoms with Crippen LogP contribution in [0.3, 0.4) is 0 Å². The first-order valence-corrected chi connectivity index (χ1v) is 10.2. The van der Waals surface area contributed by atoms with Gasteiger partial charge in [-0.3, -0.25) is 9.59 Å². The number of rotatable bonds is 7. The van der Waals surface area contributed by atoms with E-state index >= 15 is 0 Å². The number of halogens is 2. The number of hydrogen-bond donors (Lipinski definition) is 1. The molecule has 8 heteroatoms. The Kier molecular flexibility index (Phi) is 7.13. The predicted octanol–water partition coefficient (Wildman–Crippen LogP) is 4.13. The summed E-state index contributed by atoms with van der Waals surface area (Å²) in [6, 6.07) is 12.5. The molecular formula is C22H21Cl2N3O3. The first-order valence-electron chi connectivity index (χ1n) is 9.43. The van der Waals surface area contributed by atoms with Gasteiger partial charge in [0.05, 0.1) is 34.0 Å². The monoisotopic (exact) mass is 445 g/mol. The molecule has 0 spiro atoms. The van der Waals surface area contributed by atoms with Gasteiger partial charge >= 0.3 is 0 Å². The maximum atomic E-state index is 12.5. The highest BCUT2D eigenvalue weighted by Crippen LogP contribution is 2.26. The van der Waals surface area contributed by atoms with Crippen LogP contribution in [0.5, 0.6) is 5.75 Å². The smallest absolute Gasteiger partial charge is 0.278 e. The van der Waals surface area contributed by atoms with Crippen LogP contribution in [-0.4, -0.2) is 28.8 Å². The Morgan fingerprint density at radius 2 is 1.80 bits per heavy atom. The van der Waals surface area contributed by atoms with Gasteiger partial charge in [-0.1, -0.05) is 53.5 Å². The number of nitrogens with zero attached hydrogens (tertiary/aromatic N) is 2. The lowest BCUT2D eigenvalue weighted by Crippen LogP contribution is -2.26. The fourth-order valence-corrected chi connectivity index (χ4v) is 3.58. The van der Waals surface area contributed by atoms with E-state index in [9.17, 15) is 9.59 Å². The molecule has 1 heterocycles. The van der Waals surface area contributed by atoms with Crippen LogP contribution in [0, 0.1) is 0 Å². The number of carbonyl (C=O) groups excluding carboxylic acids is 1. The number of amides is 1. The minimum atomic E-state index is -0.316. The minimum absolute atomic E-state index is 0.224. The zero-order chi connectivity index (χ0) is 21.7. The molecule has 0 aliphatic heterocycles. The predicted molar refractivity (Wildman–Crippen MR) is 119 cm³/mol. The molecule has 0 fully saturated rings. The van der Waals surface area contributed by atoms with Crippen LogP contribution in [0.2, 0.25) is 10.0 Å². The molecule has 1 N–H and O–H groups in total. The molecule has 0 bridgehead atoms. The Morgan fingerprint density at radius 1 is 1.13 bits per heavy atom. The van der Waals surface area contributed by atoms with Gasteiger partial charge in [-0.2, -0.15) is 5.10 Å². The Hall–Kier alpha value is -2.83. The van der Waals surface area contributed by atoms with E-state index in [0.717, 1.165) is 11.1 Å². The largest absolute Gasteiger partial charge is 0.491 e. The molecule has 3 rings (SSSR count). The SMILES string of the molecule is CCOc1cnn(C)c(=O)c1-c1ccc(CCNC(=O)c2c(Cl)cccc2Cl)cc1. The van der Waals surface area contributed by atoms with Gasteiger partial charge in [0.15, 0.2) is 5.75 Å². The van der Waals surface area contributed by atoms with Crippen LogP contribution < -0.4 is 15.6 Å². The Labute approximate surface area is 184 Å². The van der Waals surface area contributed by atoms with Crippen molar-refractivity contribution >= 4 is 29.1 Å². The van der Waals surface area contributed by atoms with Crippen LogP contribution in [0.1, 0.15) is 22.8 Å². The van der Waals surface area contributed by atoms with Crippen molar-refractivity contribution in [1.29, 1.82) is 0 Å². The summed E-state index contributed by atoms with van der Waals surface area (Å²) in [6.45, 7) is 2.71. The van der Waals surface area contributed by atoms with E-state index in [1.807, 2.05) is 31.2 Å². The van der Waals surface area contributed by atoms with E-state index < -0.39 is 0 Å². The first kappa shape index (κ1) is 21.9. The van der Waals surface area contributed by atoms with Crippen molar-refractivity contribution in [2.45, 2.75) is 13.3 Å². The molecule has 6 nitrogen and oxygen atoms in total. The third-order valence-electron chi connectivity index (χ3n) is 4.53. The first-order chi connectivity index (χ1) is 14.4. The third kappa shape index (κ3) is 4.83. The molecule has 0 saturated heterocycles. The lowest BCUT2D eigenvalue weighted by atomic mass is 10.0. The maximum Gasteiger partial charge on any atom is 0.278 e. The summed E-state index contributed by atoms with van der Waals surface area (Å²) in [5.74, 6) is 0.140. The van der Waals surface area contributed by atoms with Crippen LogP contribution in [0.25, 0.3) is 11.1 Å². The minimum Gasteiger partial charge on any atom is -0.491 e. The van der Waals surface area contributed by atoms with Crippen molar-refractivity contribution in [3.8, 4) is 16.9 Å². The number of nitrogens with one attached hydrogen (secondary N) is 1. The second-order valence-corrected chi connectivity index (χ2v) is 7.36.